The zero-order valence-electron chi connectivity index (χ0n) is 10.4. The number of methoxy groups -OCH3 is 1. The maximum absolute atomic E-state index is 12.2. The van der Waals surface area contributed by atoms with E-state index in [0.29, 0.717) is 24.7 Å². The Morgan fingerprint density at radius 1 is 1.44 bits per heavy atom. The Morgan fingerprint density at radius 3 is 2.69 bits per heavy atom. The van der Waals surface area contributed by atoms with Crippen LogP contribution in [0, 0.1) is 5.92 Å². The highest BCUT2D eigenvalue weighted by atomic mass is 16.5. The Labute approximate surface area is 97.3 Å². The number of nitrogens with zero attached hydrogens (tertiary/aromatic N) is 1. The molecule has 4 nitrogen and oxygen atoms in total. The number of carbonyl (C=O) groups excluding carboxylic acids is 1. The quantitative estimate of drug-likeness (QED) is 0.779. The monoisotopic (exact) mass is 226 g/mol. The van der Waals surface area contributed by atoms with Gasteiger partial charge in [-0.15, -0.1) is 0 Å². The predicted octanol–water partition coefficient (Wildman–Crippen LogP) is 0.968. The van der Waals surface area contributed by atoms with Crippen molar-refractivity contribution in [3.8, 4) is 0 Å². The summed E-state index contributed by atoms with van der Waals surface area (Å²) in [5, 5.41) is 3.30. The largest absolute Gasteiger partial charge is 0.381 e. The Bertz CT molecular complexity index is 268. The normalized spacial score (nSPS) is 35.4. The lowest BCUT2D eigenvalue weighted by molar-refractivity contribution is -0.131. The second-order valence-electron chi connectivity index (χ2n) is 5.22. The first kappa shape index (κ1) is 11.9. The minimum absolute atomic E-state index is 0.0154. The van der Waals surface area contributed by atoms with Crippen molar-refractivity contribution in [2.75, 3.05) is 13.8 Å². The molecule has 3 atom stereocenters. The second kappa shape index (κ2) is 4.72. The lowest BCUT2D eigenvalue weighted by Crippen LogP contribution is -2.39. The zero-order chi connectivity index (χ0) is 11.7. The molecule has 3 unspecified atom stereocenters. The van der Waals surface area contributed by atoms with Gasteiger partial charge in [-0.3, -0.25) is 10.1 Å². The third kappa shape index (κ3) is 2.09. The molecule has 2 aliphatic rings. The van der Waals surface area contributed by atoms with Gasteiger partial charge in [0.05, 0.1) is 18.8 Å². The van der Waals surface area contributed by atoms with Gasteiger partial charge in [0.1, 0.15) is 0 Å². The molecule has 92 valence electrons. The molecule has 16 heavy (non-hydrogen) atoms. The van der Waals surface area contributed by atoms with Crippen molar-refractivity contribution in [1.82, 2.24) is 10.2 Å². The number of hydrogen-bond donors (Lipinski definition) is 1. The zero-order valence-corrected chi connectivity index (χ0v) is 10.4. The molecular formula is C12H22N2O2. The maximum atomic E-state index is 12.2. The summed E-state index contributed by atoms with van der Waals surface area (Å²) in [6, 6.07) is 0.398. The third-order valence-electron chi connectivity index (χ3n) is 3.83. The molecule has 0 spiro atoms. The van der Waals surface area contributed by atoms with Gasteiger partial charge in [-0.2, -0.15) is 0 Å². The standard InChI is InChI=1S/C12H22N2O2/c1-8(2)11-12(15)14(7-13-11)9-4-5-10(6-9)16-3/h8-11,13H,4-7H2,1-3H3. The summed E-state index contributed by atoms with van der Waals surface area (Å²) in [6.45, 7) is 4.89. The summed E-state index contributed by atoms with van der Waals surface area (Å²) in [4.78, 5) is 14.2. The van der Waals surface area contributed by atoms with Crippen molar-refractivity contribution >= 4 is 5.91 Å². The first-order valence-electron chi connectivity index (χ1n) is 6.20. The van der Waals surface area contributed by atoms with Crippen LogP contribution >= 0.6 is 0 Å². The van der Waals surface area contributed by atoms with Gasteiger partial charge in [0.25, 0.3) is 0 Å². The van der Waals surface area contributed by atoms with E-state index in [4.69, 9.17) is 4.74 Å². The Hall–Kier alpha value is -0.610. The van der Waals surface area contributed by atoms with E-state index >= 15 is 0 Å². The van der Waals surface area contributed by atoms with Gasteiger partial charge in [0.2, 0.25) is 5.91 Å². The Kier molecular flexibility index (Phi) is 3.50. The van der Waals surface area contributed by atoms with E-state index in [1.807, 2.05) is 4.90 Å². The number of rotatable bonds is 3. The van der Waals surface area contributed by atoms with Crippen LogP contribution in [0.5, 0.6) is 0 Å². The maximum Gasteiger partial charge on any atom is 0.241 e. The summed E-state index contributed by atoms with van der Waals surface area (Å²) in [6.07, 6.45) is 3.50. The molecule has 2 rings (SSSR count). The van der Waals surface area contributed by atoms with Gasteiger partial charge < -0.3 is 9.64 Å². The molecule has 0 aromatic rings. The summed E-state index contributed by atoms with van der Waals surface area (Å²) in [7, 11) is 1.76. The minimum Gasteiger partial charge on any atom is -0.381 e. The van der Waals surface area contributed by atoms with E-state index < -0.39 is 0 Å². The highest BCUT2D eigenvalue weighted by molar-refractivity contribution is 5.84. The molecule has 1 saturated heterocycles. The first-order valence-corrected chi connectivity index (χ1v) is 6.20. The molecule has 0 aromatic carbocycles. The topological polar surface area (TPSA) is 41.6 Å². The van der Waals surface area contributed by atoms with Crippen LogP contribution in [0.15, 0.2) is 0 Å². The number of nitrogens with one attached hydrogen (secondary N) is 1. The molecule has 1 saturated carbocycles. The molecule has 4 heteroatoms. The van der Waals surface area contributed by atoms with E-state index in [2.05, 4.69) is 19.2 Å². The lowest BCUT2D eigenvalue weighted by Gasteiger charge is -2.23. The number of amides is 1. The first-order chi connectivity index (χ1) is 7.63. The Morgan fingerprint density at radius 2 is 2.19 bits per heavy atom. The molecule has 1 aliphatic carbocycles. The van der Waals surface area contributed by atoms with Crippen molar-refractivity contribution in [2.24, 2.45) is 5.92 Å². The number of ether oxygens (including phenoxy) is 1. The van der Waals surface area contributed by atoms with Crippen LogP contribution in [0.4, 0.5) is 0 Å². The molecule has 0 bridgehead atoms. The Balaban J connectivity index is 1.95. The van der Waals surface area contributed by atoms with Crippen LogP contribution in [-0.4, -0.2) is 42.8 Å². The molecule has 2 fully saturated rings. The molecule has 0 aromatic heterocycles. The van der Waals surface area contributed by atoms with E-state index in [-0.39, 0.29) is 11.9 Å². The minimum atomic E-state index is 0.0154. The fraction of sp³-hybridized carbons (Fsp3) is 0.917. The van der Waals surface area contributed by atoms with Crippen molar-refractivity contribution < 1.29 is 9.53 Å². The molecular weight excluding hydrogens is 204 g/mol. The van der Waals surface area contributed by atoms with E-state index in [1.54, 1.807) is 7.11 Å². The number of carbonyl (C=O) groups is 1. The highest BCUT2D eigenvalue weighted by Gasteiger charge is 2.39. The number of hydrogen-bond acceptors (Lipinski definition) is 3. The third-order valence-corrected chi connectivity index (χ3v) is 3.83. The fourth-order valence-electron chi connectivity index (χ4n) is 2.79. The second-order valence-corrected chi connectivity index (χ2v) is 5.22. The van der Waals surface area contributed by atoms with E-state index in [9.17, 15) is 4.79 Å². The fourth-order valence-corrected chi connectivity index (χ4v) is 2.79. The van der Waals surface area contributed by atoms with Crippen LogP contribution in [-0.2, 0) is 9.53 Å². The lowest BCUT2D eigenvalue weighted by atomic mass is 10.0. The van der Waals surface area contributed by atoms with Gasteiger partial charge in [0, 0.05) is 13.2 Å². The average Bonchev–Trinajstić information content (AvgIpc) is 2.83. The predicted molar refractivity (Wildman–Crippen MR) is 61.9 cm³/mol. The van der Waals surface area contributed by atoms with E-state index in [1.165, 1.54) is 0 Å². The average molecular weight is 226 g/mol. The molecule has 1 N–H and O–H groups in total. The van der Waals surface area contributed by atoms with Crippen molar-refractivity contribution in [3.05, 3.63) is 0 Å². The van der Waals surface area contributed by atoms with Crippen LogP contribution < -0.4 is 5.32 Å². The molecule has 1 heterocycles. The summed E-state index contributed by atoms with van der Waals surface area (Å²) < 4.78 is 5.35. The van der Waals surface area contributed by atoms with Crippen LogP contribution in [0.25, 0.3) is 0 Å². The van der Waals surface area contributed by atoms with Gasteiger partial charge in [-0.1, -0.05) is 13.8 Å². The van der Waals surface area contributed by atoms with Gasteiger partial charge in [0.15, 0.2) is 0 Å². The smallest absolute Gasteiger partial charge is 0.241 e. The SMILES string of the molecule is COC1CCC(N2CNC(C(C)C)C2=O)C1. The van der Waals surface area contributed by atoms with Crippen molar-refractivity contribution in [1.29, 1.82) is 0 Å². The molecule has 1 amide bonds. The van der Waals surface area contributed by atoms with Gasteiger partial charge in [-0.05, 0) is 25.2 Å². The summed E-state index contributed by atoms with van der Waals surface area (Å²) in [5.41, 5.74) is 0. The van der Waals surface area contributed by atoms with Crippen LogP contribution in [0.1, 0.15) is 33.1 Å². The van der Waals surface area contributed by atoms with Gasteiger partial charge in [-0.25, -0.2) is 0 Å². The summed E-state index contributed by atoms with van der Waals surface area (Å²) >= 11 is 0. The van der Waals surface area contributed by atoms with Crippen molar-refractivity contribution in [3.63, 3.8) is 0 Å². The highest BCUT2D eigenvalue weighted by Crippen LogP contribution is 2.28. The summed E-state index contributed by atoms with van der Waals surface area (Å²) in [5.74, 6) is 0.647. The molecule has 0 radical (unpaired) electrons. The van der Waals surface area contributed by atoms with Crippen LogP contribution in [0.2, 0.25) is 0 Å². The van der Waals surface area contributed by atoms with E-state index in [0.717, 1.165) is 19.3 Å². The molecule has 1 aliphatic heterocycles. The van der Waals surface area contributed by atoms with Crippen LogP contribution in [0.3, 0.4) is 0 Å². The van der Waals surface area contributed by atoms with Crippen molar-refractivity contribution in [2.45, 2.75) is 51.3 Å². The van der Waals surface area contributed by atoms with Gasteiger partial charge >= 0.3 is 0 Å².